The van der Waals surface area contributed by atoms with Gasteiger partial charge >= 0.3 is 6.18 Å². The van der Waals surface area contributed by atoms with E-state index in [-0.39, 0.29) is 0 Å². The Morgan fingerprint density at radius 2 is 1.83 bits per heavy atom. The molecule has 18 heavy (non-hydrogen) atoms. The van der Waals surface area contributed by atoms with E-state index >= 15 is 0 Å². The van der Waals surface area contributed by atoms with E-state index in [0.717, 1.165) is 0 Å². The van der Waals surface area contributed by atoms with Crippen molar-refractivity contribution in [2.45, 2.75) is 11.1 Å². The van der Waals surface area contributed by atoms with Crippen LogP contribution in [0.3, 0.4) is 0 Å². The van der Waals surface area contributed by atoms with Gasteiger partial charge in [-0.2, -0.15) is 13.2 Å². The molecule has 0 aliphatic heterocycles. The van der Waals surface area contributed by atoms with E-state index in [4.69, 9.17) is 5.14 Å². The number of primary sulfonamides is 1. The average Bonchev–Trinajstić information content (AvgIpc) is 2.12. The summed E-state index contributed by atoms with van der Waals surface area (Å²) in [4.78, 5) is 8.35. The molecule has 0 unspecified atom stereocenters. The number of nitrogens with zero attached hydrogens (tertiary/aromatic N) is 1. The minimum atomic E-state index is -5.10. The lowest BCUT2D eigenvalue weighted by Crippen LogP contribution is -2.17. The Bertz CT molecular complexity index is 614. The van der Waals surface area contributed by atoms with Gasteiger partial charge in [0.15, 0.2) is 0 Å². The van der Waals surface area contributed by atoms with Crippen LogP contribution in [-0.2, 0) is 16.2 Å². The Hall–Kier alpha value is -1.20. The molecule has 0 fully saturated rings. The minimum Gasteiger partial charge on any atom is -0.258 e. The third-order valence-electron chi connectivity index (χ3n) is 1.87. The Morgan fingerprint density at radius 3 is 2.17 bits per heavy atom. The standard InChI is InChI=1S/C7H4BrF3N2O4S/c8-6-4(18(12,16)17)2-1-3(13(14)15)5(6)7(9,10)11/h1-2H,(H2,12,16,17). The molecule has 0 atom stereocenters. The summed E-state index contributed by atoms with van der Waals surface area (Å²) in [6, 6.07) is 1.07. The van der Waals surface area contributed by atoms with Crippen molar-refractivity contribution in [3.63, 3.8) is 0 Å². The number of hydrogen-bond donors (Lipinski definition) is 1. The highest BCUT2D eigenvalue weighted by Gasteiger charge is 2.42. The second kappa shape index (κ2) is 4.48. The van der Waals surface area contributed by atoms with Crippen LogP contribution in [-0.4, -0.2) is 13.3 Å². The molecule has 2 N–H and O–H groups in total. The maximum absolute atomic E-state index is 12.7. The van der Waals surface area contributed by atoms with E-state index in [1.165, 1.54) is 0 Å². The molecule has 6 nitrogen and oxygen atoms in total. The van der Waals surface area contributed by atoms with Crippen molar-refractivity contribution in [2.24, 2.45) is 5.14 Å². The molecule has 0 aliphatic carbocycles. The van der Waals surface area contributed by atoms with E-state index in [1.54, 1.807) is 0 Å². The number of rotatable bonds is 2. The summed E-state index contributed by atoms with van der Waals surface area (Å²) in [6.07, 6.45) is -5.10. The fraction of sp³-hybridized carbons (Fsp3) is 0.143. The van der Waals surface area contributed by atoms with Crippen LogP contribution in [0.2, 0.25) is 0 Å². The lowest BCUT2D eigenvalue weighted by atomic mass is 10.2. The largest absolute Gasteiger partial charge is 0.424 e. The van der Waals surface area contributed by atoms with Crippen LogP contribution in [0.15, 0.2) is 21.5 Å². The first-order chi connectivity index (χ1) is 7.96. The zero-order valence-corrected chi connectivity index (χ0v) is 10.6. The molecular weight excluding hydrogens is 345 g/mol. The molecule has 1 aromatic rings. The van der Waals surface area contributed by atoms with Crippen molar-refractivity contribution in [3.8, 4) is 0 Å². The highest BCUT2D eigenvalue weighted by Crippen LogP contribution is 2.43. The van der Waals surface area contributed by atoms with Gasteiger partial charge in [-0.25, -0.2) is 13.6 Å². The number of benzene rings is 1. The van der Waals surface area contributed by atoms with Crippen molar-refractivity contribution >= 4 is 31.6 Å². The monoisotopic (exact) mass is 348 g/mol. The van der Waals surface area contributed by atoms with Crippen molar-refractivity contribution < 1.29 is 26.5 Å². The second-order valence-electron chi connectivity index (χ2n) is 3.07. The summed E-state index contributed by atoms with van der Waals surface area (Å²) in [6.45, 7) is 0. The summed E-state index contributed by atoms with van der Waals surface area (Å²) in [5, 5.41) is 15.2. The van der Waals surface area contributed by atoms with Crippen LogP contribution in [0.1, 0.15) is 5.56 Å². The molecule has 100 valence electrons. The number of nitro benzene ring substituents is 1. The molecule has 0 radical (unpaired) electrons. The van der Waals surface area contributed by atoms with Gasteiger partial charge in [0.1, 0.15) is 5.56 Å². The van der Waals surface area contributed by atoms with Crippen LogP contribution in [0.5, 0.6) is 0 Å². The quantitative estimate of drug-likeness (QED) is 0.652. The molecule has 0 aromatic heterocycles. The second-order valence-corrected chi connectivity index (χ2v) is 5.39. The van der Waals surface area contributed by atoms with Crippen LogP contribution in [0, 0.1) is 10.1 Å². The number of alkyl halides is 3. The summed E-state index contributed by atoms with van der Waals surface area (Å²) < 4.78 is 59.1. The highest BCUT2D eigenvalue weighted by atomic mass is 79.9. The van der Waals surface area contributed by atoms with E-state index < -0.39 is 41.7 Å². The maximum atomic E-state index is 12.7. The number of nitro groups is 1. The van der Waals surface area contributed by atoms with Gasteiger partial charge in [-0.1, -0.05) is 0 Å². The zero-order chi connectivity index (χ0) is 14.3. The lowest BCUT2D eigenvalue weighted by molar-refractivity contribution is -0.388. The van der Waals surface area contributed by atoms with Gasteiger partial charge in [-0.3, -0.25) is 10.1 Å². The highest BCUT2D eigenvalue weighted by molar-refractivity contribution is 9.10. The van der Waals surface area contributed by atoms with Crippen LogP contribution >= 0.6 is 15.9 Å². The van der Waals surface area contributed by atoms with E-state index in [9.17, 15) is 31.7 Å². The van der Waals surface area contributed by atoms with Gasteiger partial charge in [-0.05, 0) is 22.0 Å². The first kappa shape index (κ1) is 14.9. The van der Waals surface area contributed by atoms with Crippen LogP contribution in [0.25, 0.3) is 0 Å². The van der Waals surface area contributed by atoms with Gasteiger partial charge in [0.05, 0.1) is 14.3 Å². The fourth-order valence-electron chi connectivity index (χ4n) is 1.19. The molecule has 0 heterocycles. The topological polar surface area (TPSA) is 103 Å². The number of nitrogens with two attached hydrogens (primary N) is 1. The SMILES string of the molecule is NS(=O)(=O)c1ccc([N+](=O)[O-])c(C(F)(F)F)c1Br. The molecule has 0 amide bonds. The Labute approximate surface area is 107 Å². The van der Waals surface area contributed by atoms with Crippen molar-refractivity contribution in [2.75, 3.05) is 0 Å². The molecule has 1 aromatic carbocycles. The zero-order valence-electron chi connectivity index (χ0n) is 8.23. The van der Waals surface area contributed by atoms with Crippen molar-refractivity contribution in [3.05, 3.63) is 32.3 Å². The van der Waals surface area contributed by atoms with E-state index in [1.807, 2.05) is 0 Å². The van der Waals surface area contributed by atoms with Crippen LogP contribution < -0.4 is 5.14 Å². The summed E-state index contributed by atoms with van der Waals surface area (Å²) in [5.74, 6) is 0. The summed E-state index contributed by atoms with van der Waals surface area (Å²) in [7, 11) is -4.43. The lowest BCUT2D eigenvalue weighted by Gasteiger charge is -2.11. The van der Waals surface area contributed by atoms with Crippen LogP contribution in [0.4, 0.5) is 18.9 Å². The molecule has 0 spiro atoms. The third kappa shape index (κ3) is 2.79. The molecule has 0 bridgehead atoms. The van der Waals surface area contributed by atoms with Crippen molar-refractivity contribution in [1.82, 2.24) is 0 Å². The molecule has 11 heteroatoms. The molecule has 0 saturated carbocycles. The fourth-order valence-corrected chi connectivity index (χ4v) is 3.03. The van der Waals surface area contributed by atoms with E-state index in [0.29, 0.717) is 12.1 Å². The third-order valence-corrected chi connectivity index (χ3v) is 3.91. The number of hydrogen-bond acceptors (Lipinski definition) is 4. The maximum Gasteiger partial charge on any atom is 0.424 e. The molecule has 1 rings (SSSR count). The Balaban J connectivity index is 3.78. The number of sulfonamides is 1. The summed E-state index contributed by atoms with van der Waals surface area (Å²) in [5.41, 5.74) is -2.96. The predicted octanol–water partition coefficient (Wildman–Crippen LogP) is 2.02. The molecule has 0 aliphatic rings. The Kier molecular flexibility index (Phi) is 3.70. The molecular formula is C7H4BrF3N2O4S. The minimum absolute atomic E-state index is 0.438. The first-order valence-corrected chi connectivity index (χ1v) is 6.37. The average molecular weight is 349 g/mol. The van der Waals surface area contributed by atoms with Gasteiger partial charge in [-0.15, -0.1) is 0 Å². The van der Waals surface area contributed by atoms with Gasteiger partial charge in [0.2, 0.25) is 10.0 Å². The smallest absolute Gasteiger partial charge is 0.258 e. The first-order valence-electron chi connectivity index (χ1n) is 4.03. The molecule has 0 saturated heterocycles. The van der Waals surface area contributed by atoms with Gasteiger partial charge < -0.3 is 0 Å². The van der Waals surface area contributed by atoms with Crippen molar-refractivity contribution in [1.29, 1.82) is 0 Å². The predicted molar refractivity (Wildman–Crippen MR) is 57.2 cm³/mol. The normalized spacial score (nSPS) is 12.5. The number of halogens is 4. The Morgan fingerprint density at radius 1 is 1.33 bits per heavy atom. The van der Waals surface area contributed by atoms with Gasteiger partial charge in [0.25, 0.3) is 5.69 Å². The van der Waals surface area contributed by atoms with Gasteiger partial charge in [0, 0.05) is 6.07 Å². The van der Waals surface area contributed by atoms with E-state index in [2.05, 4.69) is 15.9 Å². The summed E-state index contributed by atoms with van der Waals surface area (Å²) >= 11 is 2.39.